The van der Waals surface area contributed by atoms with Crippen LogP contribution in [0.25, 0.3) is 0 Å². The van der Waals surface area contributed by atoms with Gasteiger partial charge in [0.05, 0.1) is 0 Å². The molecule has 0 bridgehead atoms. The Morgan fingerprint density at radius 1 is 1.29 bits per heavy atom. The van der Waals surface area contributed by atoms with Gasteiger partial charge >= 0.3 is 0 Å². The van der Waals surface area contributed by atoms with Crippen LogP contribution in [-0.4, -0.2) is 24.8 Å². The first kappa shape index (κ1) is 13.1. The normalized spacial score (nSPS) is 19.4. The lowest BCUT2D eigenvalue weighted by Crippen LogP contribution is -2.39. The van der Waals surface area contributed by atoms with E-state index < -0.39 is 0 Å². The molecular formula is C14H23NOS. The Hall–Kier alpha value is -0.380. The zero-order valence-electron chi connectivity index (χ0n) is 10.5. The maximum atomic E-state index is 9.59. The minimum Gasteiger partial charge on any atom is -0.396 e. The molecule has 1 aliphatic carbocycles. The Kier molecular flexibility index (Phi) is 5.01. The van der Waals surface area contributed by atoms with Crippen LogP contribution in [0.2, 0.25) is 0 Å². The molecule has 0 amide bonds. The number of aliphatic hydroxyl groups excluding tert-OH is 1. The Bertz CT molecular complexity index is 304. The molecule has 0 radical (unpaired) electrons. The third-order valence-electron chi connectivity index (χ3n) is 3.88. The van der Waals surface area contributed by atoms with Crippen LogP contribution in [0.3, 0.4) is 0 Å². The molecule has 1 fully saturated rings. The lowest BCUT2D eigenvalue weighted by Gasteiger charge is -2.35. The van der Waals surface area contributed by atoms with Crippen molar-refractivity contribution in [3.63, 3.8) is 0 Å². The molecule has 2 nitrogen and oxygen atoms in total. The maximum Gasteiger partial charge on any atom is 0.0499 e. The van der Waals surface area contributed by atoms with E-state index in [1.165, 1.54) is 37.0 Å². The Morgan fingerprint density at radius 2 is 2.12 bits per heavy atom. The molecule has 0 atom stereocenters. The van der Waals surface area contributed by atoms with Gasteiger partial charge in [0.1, 0.15) is 0 Å². The fourth-order valence-corrected chi connectivity index (χ4v) is 3.42. The van der Waals surface area contributed by atoms with E-state index in [0.717, 1.165) is 19.5 Å². The monoisotopic (exact) mass is 253 g/mol. The van der Waals surface area contributed by atoms with Gasteiger partial charge in [0.25, 0.3) is 0 Å². The van der Waals surface area contributed by atoms with Crippen LogP contribution in [0, 0.1) is 5.41 Å². The molecule has 2 N–H and O–H groups in total. The third kappa shape index (κ3) is 3.80. The number of hydrogen-bond acceptors (Lipinski definition) is 3. The Labute approximate surface area is 108 Å². The van der Waals surface area contributed by atoms with Crippen molar-refractivity contribution in [1.29, 1.82) is 0 Å². The second kappa shape index (κ2) is 6.53. The number of nitrogens with one attached hydrogen (secondary N) is 1. The van der Waals surface area contributed by atoms with Crippen LogP contribution in [0.1, 0.15) is 37.0 Å². The predicted molar refractivity (Wildman–Crippen MR) is 73.5 cm³/mol. The first-order valence-corrected chi connectivity index (χ1v) is 7.57. The van der Waals surface area contributed by atoms with E-state index in [0.29, 0.717) is 6.61 Å². The van der Waals surface area contributed by atoms with Crippen LogP contribution < -0.4 is 5.32 Å². The second-order valence-electron chi connectivity index (χ2n) is 5.22. The van der Waals surface area contributed by atoms with E-state index >= 15 is 0 Å². The van der Waals surface area contributed by atoms with Crippen molar-refractivity contribution in [3.05, 3.63) is 22.4 Å². The van der Waals surface area contributed by atoms with Gasteiger partial charge in [-0.05, 0) is 37.3 Å². The highest BCUT2D eigenvalue weighted by atomic mass is 32.1. The van der Waals surface area contributed by atoms with E-state index in [4.69, 9.17) is 0 Å². The van der Waals surface area contributed by atoms with Gasteiger partial charge in [-0.2, -0.15) is 0 Å². The summed E-state index contributed by atoms with van der Waals surface area (Å²) in [5.74, 6) is 0. The summed E-state index contributed by atoms with van der Waals surface area (Å²) >= 11 is 1.82. The lowest BCUT2D eigenvalue weighted by molar-refractivity contribution is 0.0817. The van der Waals surface area contributed by atoms with Crippen molar-refractivity contribution >= 4 is 11.3 Å². The minimum absolute atomic E-state index is 0.174. The quantitative estimate of drug-likeness (QED) is 0.764. The predicted octanol–water partition coefficient (Wildman–Crippen LogP) is 2.82. The number of thiophene rings is 1. The Balaban J connectivity index is 1.69. The highest BCUT2D eigenvalue weighted by molar-refractivity contribution is 7.09. The molecule has 17 heavy (non-hydrogen) atoms. The summed E-state index contributed by atoms with van der Waals surface area (Å²) in [4.78, 5) is 1.44. The SMILES string of the molecule is OCC1(CNCCc2cccs2)CCCCC1. The zero-order valence-corrected chi connectivity index (χ0v) is 11.3. The van der Waals surface area contributed by atoms with Crippen LogP contribution in [0.4, 0.5) is 0 Å². The smallest absolute Gasteiger partial charge is 0.0499 e. The number of hydrogen-bond donors (Lipinski definition) is 2. The highest BCUT2D eigenvalue weighted by Gasteiger charge is 2.30. The molecule has 0 spiro atoms. The molecule has 0 unspecified atom stereocenters. The van der Waals surface area contributed by atoms with E-state index in [1.807, 2.05) is 11.3 Å². The van der Waals surface area contributed by atoms with Gasteiger partial charge in [0.2, 0.25) is 0 Å². The molecule has 0 aliphatic heterocycles. The highest BCUT2D eigenvalue weighted by Crippen LogP contribution is 2.35. The van der Waals surface area contributed by atoms with Crippen molar-refractivity contribution in [2.24, 2.45) is 5.41 Å². The molecule has 1 aromatic heterocycles. The number of rotatable bonds is 6. The van der Waals surface area contributed by atoms with Gasteiger partial charge < -0.3 is 10.4 Å². The van der Waals surface area contributed by atoms with Crippen LogP contribution in [-0.2, 0) is 6.42 Å². The van der Waals surface area contributed by atoms with Crippen molar-refractivity contribution in [1.82, 2.24) is 5.32 Å². The molecule has 1 heterocycles. The van der Waals surface area contributed by atoms with Crippen LogP contribution in [0.5, 0.6) is 0 Å². The molecule has 2 rings (SSSR count). The van der Waals surface area contributed by atoms with E-state index in [-0.39, 0.29) is 5.41 Å². The maximum absolute atomic E-state index is 9.59. The van der Waals surface area contributed by atoms with Crippen molar-refractivity contribution in [2.75, 3.05) is 19.7 Å². The van der Waals surface area contributed by atoms with Crippen LogP contribution >= 0.6 is 11.3 Å². The fraction of sp³-hybridized carbons (Fsp3) is 0.714. The summed E-state index contributed by atoms with van der Waals surface area (Å²) in [5, 5.41) is 15.2. The Morgan fingerprint density at radius 3 is 2.76 bits per heavy atom. The molecule has 0 saturated heterocycles. The molecule has 0 aromatic carbocycles. The topological polar surface area (TPSA) is 32.3 Å². The lowest BCUT2D eigenvalue weighted by atomic mass is 9.74. The molecule has 1 aromatic rings. The van der Waals surface area contributed by atoms with Gasteiger partial charge in [-0.25, -0.2) is 0 Å². The molecule has 1 aliphatic rings. The molecule has 3 heteroatoms. The largest absolute Gasteiger partial charge is 0.396 e. The van der Waals surface area contributed by atoms with E-state index in [2.05, 4.69) is 22.8 Å². The van der Waals surface area contributed by atoms with Gasteiger partial charge in [-0.1, -0.05) is 25.3 Å². The molecular weight excluding hydrogens is 230 g/mol. The van der Waals surface area contributed by atoms with E-state index in [1.54, 1.807) is 0 Å². The van der Waals surface area contributed by atoms with Crippen molar-refractivity contribution in [3.8, 4) is 0 Å². The second-order valence-corrected chi connectivity index (χ2v) is 6.26. The third-order valence-corrected chi connectivity index (χ3v) is 4.81. The summed E-state index contributed by atoms with van der Waals surface area (Å²) < 4.78 is 0. The van der Waals surface area contributed by atoms with Gasteiger partial charge in [0.15, 0.2) is 0 Å². The summed E-state index contributed by atoms with van der Waals surface area (Å²) in [6, 6.07) is 4.30. The molecule has 1 saturated carbocycles. The number of aliphatic hydroxyl groups is 1. The summed E-state index contributed by atoms with van der Waals surface area (Å²) in [7, 11) is 0. The summed E-state index contributed by atoms with van der Waals surface area (Å²) in [6.45, 7) is 2.36. The molecule has 96 valence electrons. The van der Waals surface area contributed by atoms with Crippen LogP contribution in [0.15, 0.2) is 17.5 Å². The summed E-state index contributed by atoms with van der Waals surface area (Å²) in [5.41, 5.74) is 0.174. The van der Waals surface area contributed by atoms with Gasteiger partial charge in [-0.15, -0.1) is 11.3 Å². The zero-order chi connectivity index (χ0) is 12.0. The standard InChI is InChI=1S/C14H23NOS/c16-12-14(7-2-1-3-8-14)11-15-9-6-13-5-4-10-17-13/h4-5,10,15-16H,1-3,6-9,11-12H2. The summed E-state index contributed by atoms with van der Waals surface area (Å²) in [6.07, 6.45) is 7.40. The fourth-order valence-electron chi connectivity index (χ4n) is 2.71. The van der Waals surface area contributed by atoms with E-state index in [9.17, 15) is 5.11 Å². The van der Waals surface area contributed by atoms with Gasteiger partial charge in [0, 0.05) is 23.4 Å². The average molecular weight is 253 g/mol. The average Bonchev–Trinajstić information content (AvgIpc) is 2.89. The van der Waals surface area contributed by atoms with Crippen molar-refractivity contribution < 1.29 is 5.11 Å². The van der Waals surface area contributed by atoms with Crippen molar-refractivity contribution in [2.45, 2.75) is 38.5 Å². The van der Waals surface area contributed by atoms with Gasteiger partial charge in [-0.3, -0.25) is 0 Å². The first-order valence-electron chi connectivity index (χ1n) is 6.69. The first-order chi connectivity index (χ1) is 8.35. The minimum atomic E-state index is 0.174.